The van der Waals surface area contributed by atoms with Gasteiger partial charge in [0.15, 0.2) is 0 Å². The molecule has 0 amide bonds. The monoisotopic (exact) mass is 253 g/mol. The van der Waals surface area contributed by atoms with Crippen LogP contribution in [0.1, 0.15) is 36.3 Å². The van der Waals surface area contributed by atoms with Gasteiger partial charge in [0.05, 0.1) is 0 Å². The number of rotatable bonds is 4. The van der Waals surface area contributed by atoms with Gasteiger partial charge in [-0.25, -0.2) is 0 Å². The Balaban J connectivity index is 2.09. The quantitative estimate of drug-likeness (QED) is 0.877. The van der Waals surface area contributed by atoms with E-state index in [-0.39, 0.29) is 0 Å². The van der Waals surface area contributed by atoms with E-state index < -0.39 is 0 Å². The predicted molar refractivity (Wildman–Crippen MR) is 63.5 cm³/mol. The lowest BCUT2D eigenvalue weighted by atomic mass is 10.1. The Labute approximate surface area is 93.8 Å². The highest BCUT2D eigenvalue weighted by molar-refractivity contribution is 9.10. The zero-order valence-electron chi connectivity index (χ0n) is 8.30. The summed E-state index contributed by atoms with van der Waals surface area (Å²) in [4.78, 5) is 0. The molecular formula is C12H16BrN. The summed E-state index contributed by atoms with van der Waals surface area (Å²) >= 11 is 3.65. The first-order valence-corrected chi connectivity index (χ1v) is 6.09. The highest BCUT2D eigenvalue weighted by Gasteiger charge is 2.25. The molecule has 1 aromatic rings. The normalized spacial score (nSPS) is 15.9. The van der Waals surface area contributed by atoms with Crippen LogP contribution in [0.15, 0.2) is 22.7 Å². The first kappa shape index (κ1) is 10.2. The van der Waals surface area contributed by atoms with Crippen molar-refractivity contribution in [3.05, 3.63) is 33.8 Å². The van der Waals surface area contributed by atoms with Crippen molar-refractivity contribution < 1.29 is 0 Å². The summed E-state index contributed by atoms with van der Waals surface area (Å²) in [5, 5.41) is 0. The summed E-state index contributed by atoms with van der Waals surface area (Å²) < 4.78 is 1.29. The van der Waals surface area contributed by atoms with Gasteiger partial charge in [-0.05, 0) is 55.3 Å². The lowest BCUT2D eigenvalue weighted by Crippen LogP contribution is -2.00. The fourth-order valence-electron chi connectivity index (χ4n) is 1.76. The van der Waals surface area contributed by atoms with E-state index in [1.54, 1.807) is 0 Å². The minimum atomic E-state index is 0.780. The second-order valence-electron chi connectivity index (χ2n) is 4.02. The second-order valence-corrected chi connectivity index (χ2v) is 4.88. The van der Waals surface area contributed by atoms with Gasteiger partial charge in [0, 0.05) is 4.47 Å². The van der Waals surface area contributed by atoms with Crippen LogP contribution in [0.3, 0.4) is 0 Å². The molecule has 0 bridgehead atoms. The topological polar surface area (TPSA) is 26.0 Å². The number of hydrogen-bond acceptors (Lipinski definition) is 1. The van der Waals surface area contributed by atoms with Crippen LogP contribution < -0.4 is 5.73 Å². The van der Waals surface area contributed by atoms with Crippen LogP contribution in [-0.2, 0) is 6.42 Å². The summed E-state index contributed by atoms with van der Waals surface area (Å²) in [7, 11) is 0. The third-order valence-electron chi connectivity index (χ3n) is 2.75. The first-order chi connectivity index (χ1) is 6.81. The van der Waals surface area contributed by atoms with Crippen LogP contribution in [0.2, 0.25) is 0 Å². The summed E-state index contributed by atoms with van der Waals surface area (Å²) in [5.41, 5.74) is 8.37. The van der Waals surface area contributed by atoms with Crippen molar-refractivity contribution in [2.45, 2.75) is 31.6 Å². The molecule has 1 aliphatic carbocycles. The fraction of sp³-hybridized carbons (Fsp3) is 0.500. The molecule has 0 aromatic heterocycles. The van der Waals surface area contributed by atoms with Crippen LogP contribution in [0.5, 0.6) is 0 Å². The molecule has 0 spiro atoms. The fourth-order valence-corrected chi connectivity index (χ4v) is 2.51. The van der Waals surface area contributed by atoms with E-state index in [1.165, 1.54) is 28.4 Å². The summed E-state index contributed by atoms with van der Waals surface area (Å²) in [6, 6.07) is 6.77. The smallest absolute Gasteiger partial charge is 0.0212 e. The van der Waals surface area contributed by atoms with Gasteiger partial charge in [-0.3, -0.25) is 0 Å². The maximum atomic E-state index is 5.49. The van der Waals surface area contributed by atoms with E-state index in [0.717, 1.165) is 25.3 Å². The average Bonchev–Trinajstić information content (AvgIpc) is 2.98. The summed E-state index contributed by atoms with van der Waals surface area (Å²) in [5.74, 6) is 0.827. The SMILES string of the molecule is NCCCc1ccc(C2CC2)c(Br)c1. The van der Waals surface area contributed by atoms with Gasteiger partial charge in [-0.15, -0.1) is 0 Å². The highest BCUT2D eigenvalue weighted by atomic mass is 79.9. The minimum absolute atomic E-state index is 0.780. The molecule has 1 fully saturated rings. The maximum Gasteiger partial charge on any atom is 0.0212 e. The van der Waals surface area contributed by atoms with Gasteiger partial charge in [0.2, 0.25) is 0 Å². The van der Waals surface area contributed by atoms with Crippen LogP contribution in [-0.4, -0.2) is 6.54 Å². The molecule has 1 aliphatic rings. The average molecular weight is 254 g/mol. The molecule has 2 N–H and O–H groups in total. The van der Waals surface area contributed by atoms with E-state index in [2.05, 4.69) is 34.1 Å². The minimum Gasteiger partial charge on any atom is -0.330 e. The molecule has 1 nitrogen and oxygen atoms in total. The van der Waals surface area contributed by atoms with Crippen molar-refractivity contribution in [1.82, 2.24) is 0 Å². The molecule has 1 saturated carbocycles. The lowest BCUT2D eigenvalue weighted by molar-refractivity contribution is 0.831. The summed E-state index contributed by atoms with van der Waals surface area (Å²) in [6.45, 7) is 0.780. The molecule has 0 aliphatic heterocycles. The second kappa shape index (κ2) is 4.45. The van der Waals surface area contributed by atoms with E-state index in [1.807, 2.05) is 0 Å². The molecule has 0 saturated heterocycles. The third kappa shape index (κ3) is 2.37. The predicted octanol–water partition coefficient (Wildman–Crippen LogP) is 3.22. The van der Waals surface area contributed by atoms with Crippen molar-refractivity contribution in [2.75, 3.05) is 6.54 Å². The molecule has 1 aromatic carbocycles. The Morgan fingerprint density at radius 2 is 2.14 bits per heavy atom. The molecular weight excluding hydrogens is 238 g/mol. The zero-order valence-corrected chi connectivity index (χ0v) is 9.89. The number of hydrogen-bond donors (Lipinski definition) is 1. The van der Waals surface area contributed by atoms with Crippen molar-refractivity contribution in [3.63, 3.8) is 0 Å². The third-order valence-corrected chi connectivity index (χ3v) is 3.44. The Bertz CT molecular complexity index is 318. The van der Waals surface area contributed by atoms with Crippen LogP contribution >= 0.6 is 15.9 Å². The number of halogens is 1. The van der Waals surface area contributed by atoms with Crippen LogP contribution in [0.4, 0.5) is 0 Å². The largest absolute Gasteiger partial charge is 0.330 e. The van der Waals surface area contributed by atoms with Gasteiger partial charge in [-0.1, -0.05) is 28.1 Å². The van der Waals surface area contributed by atoms with E-state index in [0.29, 0.717) is 0 Å². The highest BCUT2D eigenvalue weighted by Crippen LogP contribution is 2.43. The molecule has 0 heterocycles. The van der Waals surface area contributed by atoms with Gasteiger partial charge in [0.25, 0.3) is 0 Å². The van der Waals surface area contributed by atoms with Gasteiger partial charge >= 0.3 is 0 Å². The molecule has 2 rings (SSSR count). The van der Waals surface area contributed by atoms with Crippen LogP contribution in [0.25, 0.3) is 0 Å². The van der Waals surface area contributed by atoms with E-state index >= 15 is 0 Å². The molecule has 14 heavy (non-hydrogen) atoms. The first-order valence-electron chi connectivity index (χ1n) is 5.29. The van der Waals surface area contributed by atoms with Crippen molar-refractivity contribution >= 4 is 15.9 Å². The maximum absolute atomic E-state index is 5.49. The van der Waals surface area contributed by atoms with Gasteiger partial charge < -0.3 is 5.73 Å². The van der Waals surface area contributed by atoms with Crippen molar-refractivity contribution in [3.8, 4) is 0 Å². The standard InChI is InChI=1S/C12H16BrN/c13-12-8-9(2-1-7-14)3-6-11(12)10-4-5-10/h3,6,8,10H,1-2,4-5,7,14H2. The van der Waals surface area contributed by atoms with Gasteiger partial charge in [0.1, 0.15) is 0 Å². The molecule has 76 valence electrons. The molecule has 0 unspecified atom stereocenters. The van der Waals surface area contributed by atoms with Crippen molar-refractivity contribution in [1.29, 1.82) is 0 Å². The van der Waals surface area contributed by atoms with Gasteiger partial charge in [-0.2, -0.15) is 0 Å². The Kier molecular flexibility index (Phi) is 3.24. The molecule has 2 heteroatoms. The summed E-state index contributed by atoms with van der Waals surface area (Å²) in [6.07, 6.45) is 4.90. The van der Waals surface area contributed by atoms with E-state index in [4.69, 9.17) is 5.73 Å². The Morgan fingerprint density at radius 3 is 2.71 bits per heavy atom. The number of benzene rings is 1. The zero-order chi connectivity index (χ0) is 9.97. The van der Waals surface area contributed by atoms with Crippen LogP contribution in [0, 0.1) is 0 Å². The molecule has 0 radical (unpaired) electrons. The Hall–Kier alpha value is -0.340. The number of aryl methyl sites for hydroxylation is 1. The van der Waals surface area contributed by atoms with Crippen molar-refractivity contribution in [2.24, 2.45) is 5.73 Å². The Morgan fingerprint density at radius 1 is 1.36 bits per heavy atom. The lowest BCUT2D eigenvalue weighted by Gasteiger charge is -2.05. The molecule has 0 atom stereocenters. The number of nitrogens with two attached hydrogens (primary N) is 1. The van der Waals surface area contributed by atoms with E-state index in [9.17, 15) is 0 Å².